The molecule has 0 N–H and O–H groups in total. The lowest BCUT2D eigenvalue weighted by molar-refractivity contribution is -0.0296. The van der Waals surface area contributed by atoms with Gasteiger partial charge in [0, 0.05) is 4.43 Å². The van der Waals surface area contributed by atoms with E-state index < -0.39 is 0 Å². The summed E-state index contributed by atoms with van der Waals surface area (Å²) in [7, 11) is 0. The van der Waals surface area contributed by atoms with Gasteiger partial charge < -0.3 is 0 Å². The second-order valence-electron chi connectivity index (χ2n) is 5.94. The summed E-state index contributed by atoms with van der Waals surface area (Å²) in [5.74, 6) is 3.21. The van der Waals surface area contributed by atoms with Crippen LogP contribution in [-0.4, -0.2) is 4.43 Å². The van der Waals surface area contributed by atoms with E-state index in [4.69, 9.17) is 0 Å². The fraction of sp³-hybridized carbons (Fsp3) is 0.846. The summed E-state index contributed by atoms with van der Waals surface area (Å²) in [6.07, 6.45) is 9.11. The van der Waals surface area contributed by atoms with Crippen LogP contribution in [0, 0.1) is 23.2 Å². The molecule has 0 aromatic heterocycles. The molecule has 0 aromatic carbocycles. The van der Waals surface area contributed by atoms with Crippen LogP contribution in [0.3, 0.4) is 0 Å². The molecule has 0 aliphatic heterocycles. The summed E-state index contributed by atoms with van der Waals surface area (Å²) in [6.45, 7) is 4.36. The molecule has 4 rings (SSSR count). The molecule has 0 unspecified atom stereocenters. The first kappa shape index (κ1) is 9.68. The average molecular weight is 302 g/mol. The summed E-state index contributed by atoms with van der Waals surface area (Å²) in [5, 5.41) is 0. The quantitative estimate of drug-likeness (QED) is 0.407. The van der Waals surface area contributed by atoms with Crippen LogP contribution in [0.15, 0.2) is 12.2 Å². The summed E-state index contributed by atoms with van der Waals surface area (Å²) in [4.78, 5) is 0. The summed E-state index contributed by atoms with van der Waals surface area (Å²) in [6, 6.07) is 0. The molecular weight excluding hydrogens is 283 g/mol. The van der Waals surface area contributed by atoms with Crippen LogP contribution < -0.4 is 0 Å². The highest BCUT2D eigenvalue weighted by Crippen LogP contribution is 2.62. The molecule has 0 saturated heterocycles. The van der Waals surface area contributed by atoms with E-state index >= 15 is 0 Å². The first-order valence-corrected chi connectivity index (χ1v) is 7.48. The van der Waals surface area contributed by atoms with Crippen LogP contribution in [-0.2, 0) is 0 Å². The molecule has 4 aliphatic carbocycles. The Hall–Kier alpha value is 0.470. The van der Waals surface area contributed by atoms with E-state index in [2.05, 4.69) is 29.2 Å². The molecule has 4 bridgehead atoms. The Morgan fingerprint density at radius 1 is 1.07 bits per heavy atom. The van der Waals surface area contributed by atoms with E-state index in [1.165, 1.54) is 23.7 Å². The Balaban J connectivity index is 1.91. The van der Waals surface area contributed by atoms with Crippen LogP contribution in [0.4, 0.5) is 0 Å². The zero-order valence-electron chi connectivity index (χ0n) is 8.77. The third kappa shape index (κ3) is 1.30. The Morgan fingerprint density at radius 3 is 1.86 bits per heavy atom. The van der Waals surface area contributed by atoms with E-state index in [9.17, 15) is 0 Å². The van der Waals surface area contributed by atoms with E-state index in [-0.39, 0.29) is 0 Å². The topological polar surface area (TPSA) is 0 Å². The summed E-state index contributed by atoms with van der Waals surface area (Å²) in [5.41, 5.74) is 2.17. The third-order valence-electron chi connectivity index (χ3n) is 4.95. The van der Waals surface area contributed by atoms with Crippen molar-refractivity contribution in [1.29, 1.82) is 0 Å². The molecule has 0 spiro atoms. The monoisotopic (exact) mass is 302 g/mol. The van der Waals surface area contributed by atoms with Gasteiger partial charge in [0.1, 0.15) is 0 Å². The van der Waals surface area contributed by atoms with Crippen LogP contribution >= 0.6 is 22.6 Å². The molecule has 4 fully saturated rings. The molecule has 0 radical (unpaired) electrons. The van der Waals surface area contributed by atoms with Crippen molar-refractivity contribution in [3.8, 4) is 0 Å². The van der Waals surface area contributed by atoms with E-state index in [1.807, 2.05) is 0 Å². The smallest absolute Gasteiger partial charge is 0.0208 e. The van der Waals surface area contributed by atoms with Crippen molar-refractivity contribution >= 4 is 22.6 Å². The van der Waals surface area contributed by atoms with Crippen LogP contribution in [0.1, 0.15) is 38.5 Å². The van der Waals surface area contributed by atoms with Gasteiger partial charge in [-0.05, 0) is 61.7 Å². The third-order valence-corrected chi connectivity index (χ3v) is 5.87. The van der Waals surface area contributed by atoms with Gasteiger partial charge in [0.15, 0.2) is 0 Å². The van der Waals surface area contributed by atoms with E-state index in [1.54, 1.807) is 24.8 Å². The Bertz CT molecular complexity index is 231. The lowest BCUT2D eigenvalue weighted by Crippen LogP contribution is -2.47. The summed E-state index contributed by atoms with van der Waals surface area (Å²) < 4.78 is 1.18. The lowest BCUT2D eigenvalue weighted by atomic mass is 9.48. The van der Waals surface area contributed by atoms with Gasteiger partial charge in [0.25, 0.3) is 0 Å². The number of halogens is 1. The number of hydrogen-bond donors (Lipinski definition) is 0. The molecule has 0 nitrogen and oxygen atoms in total. The van der Waals surface area contributed by atoms with Crippen LogP contribution in [0.5, 0.6) is 0 Å². The van der Waals surface area contributed by atoms with Gasteiger partial charge in [-0.1, -0.05) is 34.7 Å². The predicted molar refractivity (Wildman–Crippen MR) is 68.6 cm³/mol. The molecule has 0 atom stereocenters. The fourth-order valence-corrected chi connectivity index (χ4v) is 5.49. The second kappa shape index (κ2) is 3.23. The fourth-order valence-electron chi connectivity index (χ4n) is 4.69. The van der Waals surface area contributed by atoms with Gasteiger partial charge in [-0.15, -0.1) is 0 Å². The van der Waals surface area contributed by atoms with Crippen LogP contribution in [0.2, 0.25) is 0 Å². The van der Waals surface area contributed by atoms with E-state index in [0.717, 1.165) is 17.8 Å². The maximum atomic E-state index is 4.36. The molecule has 14 heavy (non-hydrogen) atoms. The molecule has 0 heterocycles. The van der Waals surface area contributed by atoms with Crippen molar-refractivity contribution in [2.24, 2.45) is 23.2 Å². The largest absolute Gasteiger partial charge is 0.0985 e. The van der Waals surface area contributed by atoms with Gasteiger partial charge in [-0.3, -0.25) is 0 Å². The highest BCUT2D eigenvalue weighted by atomic mass is 127. The van der Waals surface area contributed by atoms with E-state index in [0.29, 0.717) is 5.41 Å². The predicted octanol–water partition coefficient (Wildman–Crippen LogP) is 4.19. The van der Waals surface area contributed by atoms with Crippen molar-refractivity contribution in [3.05, 3.63) is 12.2 Å². The Kier molecular flexibility index (Phi) is 2.23. The zero-order valence-corrected chi connectivity index (χ0v) is 10.9. The second-order valence-corrected chi connectivity index (χ2v) is 6.70. The van der Waals surface area contributed by atoms with Crippen molar-refractivity contribution < 1.29 is 0 Å². The number of rotatable bonds is 2. The van der Waals surface area contributed by atoms with Gasteiger partial charge in [-0.25, -0.2) is 0 Å². The minimum absolute atomic E-state index is 0.607. The summed E-state index contributed by atoms with van der Waals surface area (Å²) >= 11 is 2.50. The molecule has 0 amide bonds. The Labute approximate surface area is 101 Å². The Morgan fingerprint density at radius 2 is 1.50 bits per heavy atom. The maximum absolute atomic E-state index is 4.36. The van der Waals surface area contributed by atoms with Crippen molar-refractivity contribution in [2.75, 3.05) is 4.43 Å². The standard InChI is InChI=1S/C13H19I/c1-9(8-14)13-5-10-2-11(6-13)4-12(3-10)7-13/h10-12H,1-8H2. The molecule has 4 aliphatic rings. The maximum Gasteiger partial charge on any atom is 0.0208 e. The zero-order chi connectivity index (χ0) is 9.76. The normalized spacial score (nSPS) is 49.6. The molecule has 4 saturated carbocycles. The highest BCUT2D eigenvalue weighted by molar-refractivity contribution is 14.1. The molecule has 0 aromatic rings. The van der Waals surface area contributed by atoms with Crippen molar-refractivity contribution in [1.82, 2.24) is 0 Å². The van der Waals surface area contributed by atoms with Crippen molar-refractivity contribution in [2.45, 2.75) is 38.5 Å². The minimum atomic E-state index is 0.607. The number of hydrogen-bond acceptors (Lipinski definition) is 0. The molecule has 78 valence electrons. The van der Waals surface area contributed by atoms with Crippen molar-refractivity contribution in [3.63, 3.8) is 0 Å². The first-order chi connectivity index (χ1) is 6.72. The lowest BCUT2D eigenvalue weighted by Gasteiger charge is -2.57. The SMILES string of the molecule is C=C(CI)C12CC3CC(CC(C3)C1)C2. The van der Waals surface area contributed by atoms with Gasteiger partial charge in [0.05, 0.1) is 0 Å². The van der Waals surface area contributed by atoms with Gasteiger partial charge in [0.2, 0.25) is 0 Å². The first-order valence-electron chi connectivity index (χ1n) is 5.96. The van der Waals surface area contributed by atoms with Gasteiger partial charge in [-0.2, -0.15) is 0 Å². The highest BCUT2D eigenvalue weighted by Gasteiger charge is 2.51. The average Bonchev–Trinajstić information content (AvgIpc) is 2.14. The number of alkyl halides is 1. The molecular formula is C13H19I. The van der Waals surface area contributed by atoms with Crippen LogP contribution in [0.25, 0.3) is 0 Å². The minimum Gasteiger partial charge on any atom is -0.0985 e. The van der Waals surface area contributed by atoms with Gasteiger partial charge >= 0.3 is 0 Å². The number of allylic oxidation sites excluding steroid dienone is 1. The molecule has 1 heteroatoms.